The number of rotatable bonds is 6. The average molecular weight is 262 g/mol. The highest BCUT2D eigenvalue weighted by Gasteiger charge is 2.10. The molecule has 0 aliphatic rings. The first-order valence-corrected chi connectivity index (χ1v) is 7.11. The summed E-state index contributed by atoms with van der Waals surface area (Å²) in [7, 11) is 0. The smallest absolute Gasteiger partial charge is 0.125 e. The maximum atomic E-state index is 9.92. The zero-order chi connectivity index (χ0) is 12.8. The van der Waals surface area contributed by atoms with Gasteiger partial charge in [0.1, 0.15) is 5.75 Å². The van der Waals surface area contributed by atoms with Crippen LogP contribution in [0.5, 0.6) is 5.75 Å². The largest absolute Gasteiger partial charge is 0.493 e. The Morgan fingerprint density at radius 3 is 2.78 bits per heavy atom. The van der Waals surface area contributed by atoms with Crippen LogP contribution in [0.1, 0.15) is 29.9 Å². The Morgan fingerprint density at radius 2 is 2.06 bits per heavy atom. The Morgan fingerprint density at radius 1 is 1.22 bits per heavy atom. The van der Waals surface area contributed by atoms with Gasteiger partial charge in [0.05, 0.1) is 12.7 Å². The molecule has 0 spiro atoms. The molecule has 0 amide bonds. The number of ether oxygens (including phenoxy) is 1. The van der Waals surface area contributed by atoms with E-state index in [1.807, 2.05) is 31.2 Å². The summed E-state index contributed by atoms with van der Waals surface area (Å²) in [5, 5.41) is 12.0. The predicted molar refractivity (Wildman–Crippen MR) is 75.2 cm³/mol. The number of hydrogen-bond acceptors (Lipinski definition) is 3. The van der Waals surface area contributed by atoms with Crippen LogP contribution in [0.25, 0.3) is 0 Å². The molecule has 0 aliphatic carbocycles. The number of benzene rings is 1. The van der Waals surface area contributed by atoms with E-state index < -0.39 is 6.10 Å². The van der Waals surface area contributed by atoms with Crippen LogP contribution < -0.4 is 4.74 Å². The van der Waals surface area contributed by atoms with E-state index in [0.717, 1.165) is 17.7 Å². The number of thiophene rings is 1. The summed E-state index contributed by atoms with van der Waals surface area (Å²) in [6, 6.07) is 11.9. The van der Waals surface area contributed by atoms with Crippen LogP contribution in [0.15, 0.2) is 41.8 Å². The minimum absolute atomic E-state index is 0.442. The normalized spacial score (nSPS) is 12.3. The predicted octanol–water partition coefficient (Wildman–Crippen LogP) is 3.81. The minimum atomic E-state index is -0.442. The molecule has 2 rings (SSSR count). The molecule has 0 aliphatic heterocycles. The molecule has 1 heterocycles. The van der Waals surface area contributed by atoms with E-state index in [1.54, 1.807) is 11.3 Å². The molecule has 0 unspecified atom stereocenters. The molecule has 0 bridgehead atoms. The summed E-state index contributed by atoms with van der Waals surface area (Å²) in [6.07, 6.45) is 1.17. The van der Waals surface area contributed by atoms with Crippen LogP contribution in [0.4, 0.5) is 0 Å². The molecule has 0 saturated carbocycles. The molecule has 2 aromatic rings. The lowest BCUT2D eigenvalue weighted by Gasteiger charge is -2.14. The molecule has 0 saturated heterocycles. The van der Waals surface area contributed by atoms with Crippen molar-refractivity contribution in [2.45, 2.75) is 25.9 Å². The van der Waals surface area contributed by atoms with Crippen molar-refractivity contribution in [1.29, 1.82) is 0 Å². The van der Waals surface area contributed by atoms with Crippen LogP contribution in [-0.4, -0.2) is 11.7 Å². The monoisotopic (exact) mass is 262 g/mol. The van der Waals surface area contributed by atoms with Crippen LogP contribution in [0.3, 0.4) is 0 Å². The van der Waals surface area contributed by atoms with Gasteiger partial charge in [-0.3, -0.25) is 0 Å². The standard InChI is InChI=1S/C15H18O2S/c1-2-14(16)13-7-3-4-8-15(13)17-10-9-12-6-5-11-18-12/h3-8,11,14,16H,2,9-10H2,1H3/t14-/m1/s1. The third kappa shape index (κ3) is 3.34. The fourth-order valence-electron chi connectivity index (χ4n) is 1.82. The zero-order valence-electron chi connectivity index (χ0n) is 10.5. The maximum Gasteiger partial charge on any atom is 0.125 e. The van der Waals surface area contributed by atoms with E-state index in [1.165, 1.54) is 4.88 Å². The van der Waals surface area contributed by atoms with E-state index in [-0.39, 0.29) is 0 Å². The van der Waals surface area contributed by atoms with E-state index in [4.69, 9.17) is 4.74 Å². The summed E-state index contributed by atoms with van der Waals surface area (Å²) < 4.78 is 5.78. The topological polar surface area (TPSA) is 29.5 Å². The lowest BCUT2D eigenvalue weighted by molar-refractivity contribution is 0.167. The SMILES string of the molecule is CC[C@@H](O)c1ccccc1OCCc1cccs1. The lowest BCUT2D eigenvalue weighted by Crippen LogP contribution is -2.04. The second-order valence-electron chi connectivity index (χ2n) is 4.14. The van der Waals surface area contributed by atoms with Gasteiger partial charge in [0.25, 0.3) is 0 Å². The van der Waals surface area contributed by atoms with Gasteiger partial charge >= 0.3 is 0 Å². The van der Waals surface area contributed by atoms with Crippen molar-refractivity contribution in [3.63, 3.8) is 0 Å². The molecule has 0 fully saturated rings. The number of aliphatic hydroxyl groups excluding tert-OH is 1. The Kier molecular flexibility index (Phi) is 4.79. The summed E-state index contributed by atoms with van der Waals surface area (Å²) in [6.45, 7) is 2.61. The molecule has 18 heavy (non-hydrogen) atoms. The maximum absolute atomic E-state index is 9.92. The van der Waals surface area contributed by atoms with Crippen LogP contribution >= 0.6 is 11.3 Å². The molecule has 1 atom stereocenters. The Bertz CT molecular complexity index is 465. The zero-order valence-corrected chi connectivity index (χ0v) is 11.3. The molecular weight excluding hydrogens is 244 g/mol. The van der Waals surface area contributed by atoms with Gasteiger partial charge in [-0.15, -0.1) is 11.3 Å². The van der Waals surface area contributed by atoms with Gasteiger partial charge < -0.3 is 9.84 Å². The Labute approximate surface area is 112 Å². The first-order valence-electron chi connectivity index (χ1n) is 6.23. The third-order valence-electron chi connectivity index (χ3n) is 2.85. The second kappa shape index (κ2) is 6.57. The highest BCUT2D eigenvalue weighted by atomic mass is 32.1. The van der Waals surface area contributed by atoms with Gasteiger partial charge in [-0.25, -0.2) is 0 Å². The molecule has 1 aromatic carbocycles. The van der Waals surface area contributed by atoms with Gasteiger partial charge in [-0.05, 0) is 23.9 Å². The fourth-order valence-corrected chi connectivity index (χ4v) is 2.51. The quantitative estimate of drug-likeness (QED) is 0.857. The Balaban J connectivity index is 1.96. The molecule has 1 N–H and O–H groups in total. The highest BCUT2D eigenvalue weighted by Crippen LogP contribution is 2.27. The Hall–Kier alpha value is -1.32. The van der Waals surface area contributed by atoms with E-state index in [2.05, 4.69) is 17.5 Å². The van der Waals surface area contributed by atoms with Crippen LogP contribution in [-0.2, 0) is 6.42 Å². The summed E-state index contributed by atoms with van der Waals surface area (Å²) in [4.78, 5) is 1.32. The van der Waals surface area contributed by atoms with Crippen molar-refractivity contribution in [2.75, 3.05) is 6.61 Å². The summed E-state index contributed by atoms with van der Waals surface area (Å²) >= 11 is 1.74. The van der Waals surface area contributed by atoms with Crippen molar-refractivity contribution in [2.24, 2.45) is 0 Å². The molecular formula is C15H18O2S. The van der Waals surface area contributed by atoms with Crippen LogP contribution in [0.2, 0.25) is 0 Å². The van der Waals surface area contributed by atoms with E-state index in [0.29, 0.717) is 13.0 Å². The summed E-state index contributed by atoms with van der Waals surface area (Å²) in [5.41, 5.74) is 0.881. The van der Waals surface area contributed by atoms with E-state index >= 15 is 0 Å². The average Bonchev–Trinajstić information content (AvgIpc) is 2.92. The van der Waals surface area contributed by atoms with Gasteiger partial charge in [0, 0.05) is 16.9 Å². The van der Waals surface area contributed by atoms with Crippen LogP contribution in [0, 0.1) is 0 Å². The fraction of sp³-hybridized carbons (Fsp3) is 0.333. The first kappa shape index (κ1) is 13.1. The van der Waals surface area contributed by atoms with Gasteiger partial charge in [0.2, 0.25) is 0 Å². The third-order valence-corrected chi connectivity index (χ3v) is 3.79. The van der Waals surface area contributed by atoms with Crippen molar-refractivity contribution < 1.29 is 9.84 Å². The number of hydrogen-bond donors (Lipinski definition) is 1. The van der Waals surface area contributed by atoms with Gasteiger partial charge in [-0.2, -0.15) is 0 Å². The van der Waals surface area contributed by atoms with Gasteiger partial charge in [0.15, 0.2) is 0 Å². The van der Waals surface area contributed by atoms with Crippen molar-refractivity contribution in [1.82, 2.24) is 0 Å². The first-order chi connectivity index (χ1) is 8.81. The van der Waals surface area contributed by atoms with Gasteiger partial charge in [-0.1, -0.05) is 31.2 Å². The molecule has 3 heteroatoms. The molecule has 0 radical (unpaired) electrons. The van der Waals surface area contributed by atoms with E-state index in [9.17, 15) is 5.11 Å². The minimum Gasteiger partial charge on any atom is -0.493 e. The van der Waals surface area contributed by atoms with Crippen molar-refractivity contribution >= 4 is 11.3 Å². The highest BCUT2D eigenvalue weighted by molar-refractivity contribution is 7.09. The second-order valence-corrected chi connectivity index (χ2v) is 5.17. The van der Waals surface area contributed by atoms with Crippen molar-refractivity contribution in [3.05, 3.63) is 52.2 Å². The van der Waals surface area contributed by atoms with Crippen molar-refractivity contribution in [3.8, 4) is 5.75 Å². The summed E-state index contributed by atoms with van der Waals surface area (Å²) in [5.74, 6) is 0.795. The lowest BCUT2D eigenvalue weighted by atomic mass is 10.1. The molecule has 96 valence electrons. The number of para-hydroxylation sites is 1. The molecule has 2 nitrogen and oxygen atoms in total. The number of aliphatic hydroxyl groups is 1. The molecule has 1 aromatic heterocycles.